The molecule has 88 valence electrons. The predicted molar refractivity (Wildman–Crippen MR) is 65.9 cm³/mol. The fourth-order valence-corrected chi connectivity index (χ4v) is 2.57. The van der Waals surface area contributed by atoms with Gasteiger partial charge in [-0.15, -0.1) is 11.6 Å². The number of aromatic nitrogens is 1. The van der Waals surface area contributed by atoms with E-state index in [9.17, 15) is 0 Å². The molecule has 16 heavy (non-hydrogen) atoms. The molecule has 0 aromatic carbocycles. The smallest absolute Gasteiger partial charge is 0.0749 e. The van der Waals surface area contributed by atoms with E-state index in [1.165, 1.54) is 5.56 Å². The molecule has 3 heteroatoms. The van der Waals surface area contributed by atoms with Crippen LogP contribution in [0.25, 0.3) is 0 Å². The number of pyridine rings is 1. The second-order valence-electron chi connectivity index (χ2n) is 4.58. The summed E-state index contributed by atoms with van der Waals surface area (Å²) < 4.78 is 5.82. The third kappa shape index (κ3) is 2.55. The molecule has 1 aromatic heterocycles. The van der Waals surface area contributed by atoms with Gasteiger partial charge >= 0.3 is 0 Å². The highest BCUT2D eigenvalue weighted by atomic mass is 35.5. The van der Waals surface area contributed by atoms with Crippen LogP contribution in [-0.2, 0) is 4.74 Å². The second kappa shape index (κ2) is 5.15. The van der Waals surface area contributed by atoms with Crippen LogP contribution in [0.1, 0.15) is 38.2 Å². The van der Waals surface area contributed by atoms with Crippen LogP contribution in [0.15, 0.2) is 24.5 Å². The molecule has 0 radical (unpaired) electrons. The summed E-state index contributed by atoms with van der Waals surface area (Å²) in [7, 11) is 0. The van der Waals surface area contributed by atoms with Gasteiger partial charge in [0.15, 0.2) is 0 Å². The molecule has 1 aliphatic rings. The van der Waals surface area contributed by atoms with Gasteiger partial charge in [-0.2, -0.15) is 0 Å². The van der Waals surface area contributed by atoms with Gasteiger partial charge in [0.05, 0.1) is 17.6 Å². The average molecular weight is 240 g/mol. The molecular weight excluding hydrogens is 222 g/mol. The molecule has 0 bridgehead atoms. The lowest BCUT2D eigenvalue weighted by atomic mass is 9.94. The number of ether oxygens (including phenoxy) is 1. The maximum absolute atomic E-state index is 6.49. The van der Waals surface area contributed by atoms with Crippen LogP contribution >= 0.6 is 11.6 Å². The van der Waals surface area contributed by atoms with E-state index in [1.54, 1.807) is 0 Å². The summed E-state index contributed by atoms with van der Waals surface area (Å²) >= 11 is 6.49. The normalized spacial score (nSPS) is 28.9. The average Bonchev–Trinajstić information content (AvgIpc) is 2.75. The lowest BCUT2D eigenvalue weighted by molar-refractivity contribution is 0.0501. The van der Waals surface area contributed by atoms with Gasteiger partial charge in [-0.3, -0.25) is 4.98 Å². The minimum Gasteiger partial charge on any atom is -0.374 e. The zero-order chi connectivity index (χ0) is 11.5. The third-order valence-corrected chi connectivity index (χ3v) is 3.99. The highest BCUT2D eigenvalue weighted by Gasteiger charge is 2.32. The van der Waals surface area contributed by atoms with Crippen LogP contribution < -0.4 is 0 Å². The molecule has 4 unspecified atom stereocenters. The van der Waals surface area contributed by atoms with Crippen LogP contribution in [0.4, 0.5) is 0 Å². The van der Waals surface area contributed by atoms with Crippen LogP contribution in [0.5, 0.6) is 0 Å². The number of alkyl halides is 1. The lowest BCUT2D eigenvalue weighted by Gasteiger charge is -2.24. The fourth-order valence-electron chi connectivity index (χ4n) is 2.24. The second-order valence-corrected chi connectivity index (χ2v) is 5.08. The first kappa shape index (κ1) is 11.9. The Hall–Kier alpha value is -0.600. The molecule has 0 saturated carbocycles. The minimum absolute atomic E-state index is 0.0485. The highest BCUT2D eigenvalue weighted by Crippen LogP contribution is 2.32. The molecule has 2 heterocycles. The largest absolute Gasteiger partial charge is 0.374 e. The van der Waals surface area contributed by atoms with Crippen molar-refractivity contribution in [1.29, 1.82) is 0 Å². The summed E-state index contributed by atoms with van der Waals surface area (Å²) in [5.41, 5.74) is 1.23. The van der Waals surface area contributed by atoms with E-state index < -0.39 is 0 Å². The van der Waals surface area contributed by atoms with E-state index in [-0.39, 0.29) is 11.5 Å². The van der Waals surface area contributed by atoms with Crippen molar-refractivity contribution in [2.45, 2.75) is 50.2 Å². The van der Waals surface area contributed by atoms with E-state index in [4.69, 9.17) is 16.3 Å². The van der Waals surface area contributed by atoms with E-state index in [0.29, 0.717) is 12.0 Å². The van der Waals surface area contributed by atoms with Crippen molar-refractivity contribution in [3.8, 4) is 0 Å². The number of halogens is 1. The molecule has 1 aliphatic heterocycles. The molecule has 0 spiro atoms. The molecule has 1 saturated heterocycles. The summed E-state index contributed by atoms with van der Waals surface area (Å²) in [4.78, 5) is 4.02. The lowest BCUT2D eigenvalue weighted by Crippen LogP contribution is -2.26. The van der Waals surface area contributed by atoms with Gasteiger partial charge in [-0.25, -0.2) is 0 Å². The van der Waals surface area contributed by atoms with Crippen molar-refractivity contribution < 1.29 is 4.74 Å². The molecule has 2 nitrogen and oxygen atoms in total. The van der Waals surface area contributed by atoms with Gasteiger partial charge in [-0.05, 0) is 37.5 Å². The standard InChI is InChI=1S/C13H18ClNO/c1-9-3-4-12(16-9)13(14)10(2)11-5-7-15-8-6-11/h5-10,12-13H,3-4H2,1-2H3. The quantitative estimate of drug-likeness (QED) is 0.755. The highest BCUT2D eigenvalue weighted by molar-refractivity contribution is 6.21. The van der Waals surface area contributed by atoms with Gasteiger partial charge < -0.3 is 4.74 Å². The Kier molecular flexibility index (Phi) is 3.82. The van der Waals surface area contributed by atoms with Crippen LogP contribution in [0, 0.1) is 0 Å². The van der Waals surface area contributed by atoms with E-state index in [0.717, 1.165) is 12.8 Å². The fraction of sp³-hybridized carbons (Fsp3) is 0.615. The van der Waals surface area contributed by atoms with Gasteiger partial charge in [0, 0.05) is 18.3 Å². The van der Waals surface area contributed by atoms with Crippen molar-refractivity contribution in [2.24, 2.45) is 0 Å². The number of hydrogen-bond donors (Lipinski definition) is 0. The molecule has 1 fully saturated rings. The Labute approximate surface area is 102 Å². The predicted octanol–water partition coefficient (Wildman–Crippen LogP) is 3.36. The SMILES string of the molecule is CC1CCC(C(Cl)C(C)c2ccncc2)O1. The first-order valence-electron chi connectivity index (χ1n) is 5.88. The Morgan fingerprint density at radius 2 is 2.06 bits per heavy atom. The maximum Gasteiger partial charge on any atom is 0.0749 e. The Bertz CT molecular complexity index is 330. The summed E-state index contributed by atoms with van der Waals surface area (Å²) in [6, 6.07) is 4.05. The molecule has 0 amide bonds. The van der Waals surface area contributed by atoms with Gasteiger partial charge in [-0.1, -0.05) is 6.92 Å². The van der Waals surface area contributed by atoms with Crippen molar-refractivity contribution >= 4 is 11.6 Å². The summed E-state index contributed by atoms with van der Waals surface area (Å²) in [6.07, 6.45) is 6.37. The molecule has 0 N–H and O–H groups in total. The zero-order valence-electron chi connectivity index (χ0n) is 9.77. The van der Waals surface area contributed by atoms with Crippen LogP contribution in [0.2, 0.25) is 0 Å². The van der Waals surface area contributed by atoms with E-state index in [1.807, 2.05) is 24.5 Å². The number of rotatable bonds is 3. The molecule has 1 aromatic rings. The monoisotopic (exact) mass is 239 g/mol. The molecular formula is C13H18ClNO. The minimum atomic E-state index is 0.0485. The molecule has 0 aliphatic carbocycles. The summed E-state index contributed by atoms with van der Waals surface area (Å²) in [6.45, 7) is 4.26. The third-order valence-electron chi connectivity index (χ3n) is 3.33. The van der Waals surface area contributed by atoms with Gasteiger partial charge in [0.2, 0.25) is 0 Å². The Morgan fingerprint density at radius 3 is 2.62 bits per heavy atom. The van der Waals surface area contributed by atoms with Crippen molar-refractivity contribution in [3.63, 3.8) is 0 Å². The van der Waals surface area contributed by atoms with Crippen molar-refractivity contribution in [2.75, 3.05) is 0 Å². The Morgan fingerprint density at radius 1 is 1.38 bits per heavy atom. The Balaban J connectivity index is 2.02. The topological polar surface area (TPSA) is 22.1 Å². The van der Waals surface area contributed by atoms with Crippen molar-refractivity contribution in [1.82, 2.24) is 4.98 Å². The molecule has 2 rings (SSSR count). The molecule has 4 atom stereocenters. The zero-order valence-corrected chi connectivity index (χ0v) is 10.5. The van der Waals surface area contributed by atoms with E-state index in [2.05, 4.69) is 18.8 Å². The van der Waals surface area contributed by atoms with Gasteiger partial charge in [0.1, 0.15) is 0 Å². The summed E-state index contributed by atoms with van der Waals surface area (Å²) in [5, 5.41) is 0.0485. The summed E-state index contributed by atoms with van der Waals surface area (Å²) in [5.74, 6) is 0.306. The number of nitrogens with zero attached hydrogens (tertiary/aromatic N) is 1. The first-order chi connectivity index (χ1) is 7.68. The van der Waals surface area contributed by atoms with Crippen LogP contribution in [0.3, 0.4) is 0 Å². The maximum atomic E-state index is 6.49. The van der Waals surface area contributed by atoms with Gasteiger partial charge in [0.25, 0.3) is 0 Å². The first-order valence-corrected chi connectivity index (χ1v) is 6.31. The van der Waals surface area contributed by atoms with Crippen LogP contribution in [-0.4, -0.2) is 22.6 Å². The van der Waals surface area contributed by atoms with E-state index >= 15 is 0 Å². The number of hydrogen-bond acceptors (Lipinski definition) is 2. The van der Waals surface area contributed by atoms with Crippen molar-refractivity contribution in [3.05, 3.63) is 30.1 Å².